The van der Waals surface area contributed by atoms with E-state index in [9.17, 15) is 9.90 Å². The summed E-state index contributed by atoms with van der Waals surface area (Å²) in [6.07, 6.45) is 5.93. The number of rotatable bonds is 7. The molecular weight excluding hydrogens is 314 g/mol. The average molecular weight is 345 g/mol. The van der Waals surface area contributed by atoms with Gasteiger partial charge in [0, 0.05) is 26.2 Å². The van der Waals surface area contributed by atoms with E-state index in [-0.39, 0.29) is 6.03 Å². The molecule has 3 rings (SSSR count). The van der Waals surface area contributed by atoms with Gasteiger partial charge in [-0.25, -0.2) is 4.79 Å². The summed E-state index contributed by atoms with van der Waals surface area (Å²) in [7, 11) is 0. The van der Waals surface area contributed by atoms with Gasteiger partial charge < -0.3 is 20.6 Å². The van der Waals surface area contributed by atoms with Gasteiger partial charge >= 0.3 is 6.03 Å². The largest absolute Gasteiger partial charge is 0.388 e. The Morgan fingerprint density at radius 1 is 1.20 bits per heavy atom. The van der Waals surface area contributed by atoms with E-state index < -0.39 is 5.60 Å². The Balaban J connectivity index is 1.29. The number of amides is 2. The second-order valence-electron chi connectivity index (χ2n) is 7.69. The molecule has 1 saturated carbocycles. The van der Waals surface area contributed by atoms with Crippen LogP contribution in [0.1, 0.15) is 37.7 Å². The average Bonchev–Trinajstić information content (AvgIpc) is 3.27. The third-order valence-electron chi connectivity index (χ3n) is 5.59. The lowest BCUT2D eigenvalue weighted by atomic mass is 10.0. The van der Waals surface area contributed by atoms with E-state index in [1.807, 2.05) is 0 Å². The van der Waals surface area contributed by atoms with Crippen molar-refractivity contribution in [1.29, 1.82) is 0 Å². The van der Waals surface area contributed by atoms with Gasteiger partial charge in [-0.15, -0.1) is 0 Å². The van der Waals surface area contributed by atoms with Crippen LogP contribution in [0.3, 0.4) is 0 Å². The number of hydrogen-bond donors (Lipinski definition) is 3. The summed E-state index contributed by atoms with van der Waals surface area (Å²) in [4.78, 5) is 14.4. The standard InChI is InChI=1S/C20H31N3O2/c24-19(22-16-20(25)10-4-5-11-20)21-14-18-9-13-23(15-18)12-8-17-6-2-1-3-7-17/h1-3,6-7,18,25H,4-5,8-16H2,(H2,21,22,24). The van der Waals surface area contributed by atoms with Crippen LogP contribution in [-0.2, 0) is 6.42 Å². The minimum Gasteiger partial charge on any atom is -0.388 e. The maximum Gasteiger partial charge on any atom is 0.314 e. The molecule has 25 heavy (non-hydrogen) atoms. The Morgan fingerprint density at radius 3 is 2.72 bits per heavy atom. The molecule has 1 saturated heterocycles. The zero-order chi connectivity index (χ0) is 17.5. The topological polar surface area (TPSA) is 64.6 Å². The van der Waals surface area contributed by atoms with Crippen molar-refractivity contribution in [3.8, 4) is 0 Å². The molecule has 2 amide bonds. The number of urea groups is 1. The second kappa shape index (κ2) is 8.68. The summed E-state index contributed by atoms with van der Waals surface area (Å²) in [6, 6.07) is 10.4. The first-order valence-electron chi connectivity index (χ1n) is 9.63. The fraction of sp³-hybridized carbons (Fsp3) is 0.650. The Kier molecular flexibility index (Phi) is 6.32. The van der Waals surface area contributed by atoms with Crippen molar-refractivity contribution < 1.29 is 9.90 Å². The Morgan fingerprint density at radius 2 is 1.96 bits per heavy atom. The summed E-state index contributed by atoms with van der Waals surface area (Å²) in [6.45, 7) is 4.33. The van der Waals surface area contributed by atoms with Crippen LogP contribution in [0.2, 0.25) is 0 Å². The van der Waals surface area contributed by atoms with E-state index >= 15 is 0 Å². The molecule has 3 N–H and O–H groups in total. The lowest BCUT2D eigenvalue weighted by Crippen LogP contribution is -2.46. The van der Waals surface area contributed by atoms with Crippen LogP contribution in [0.25, 0.3) is 0 Å². The molecule has 138 valence electrons. The number of nitrogens with zero attached hydrogens (tertiary/aromatic N) is 1. The molecule has 1 atom stereocenters. The molecule has 0 aromatic heterocycles. The molecule has 0 bridgehead atoms. The highest BCUT2D eigenvalue weighted by Gasteiger charge is 2.31. The monoisotopic (exact) mass is 345 g/mol. The predicted octanol–water partition coefficient (Wildman–Crippen LogP) is 2.16. The smallest absolute Gasteiger partial charge is 0.314 e. The number of aliphatic hydroxyl groups is 1. The van der Waals surface area contributed by atoms with E-state index in [2.05, 4.69) is 45.9 Å². The zero-order valence-corrected chi connectivity index (χ0v) is 15.0. The molecule has 1 aliphatic carbocycles. The summed E-state index contributed by atoms with van der Waals surface area (Å²) in [5, 5.41) is 16.1. The molecule has 2 aliphatic rings. The fourth-order valence-corrected chi connectivity index (χ4v) is 3.97. The van der Waals surface area contributed by atoms with E-state index in [0.29, 0.717) is 19.0 Å². The maximum atomic E-state index is 11.9. The van der Waals surface area contributed by atoms with E-state index in [0.717, 1.165) is 58.2 Å². The Bertz CT molecular complexity index is 543. The highest BCUT2D eigenvalue weighted by Crippen LogP contribution is 2.28. The van der Waals surface area contributed by atoms with E-state index in [1.54, 1.807) is 0 Å². The quantitative estimate of drug-likeness (QED) is 0.709. The van der Waals surface area contributed by atoms with Crippen molar-refractivity contribution in [3.05, 3.63) is 35.9 Å². The van der Waals surface area contributed by atoms with Crippen LogP contribution in [-0.4, -0.2) is 54.4 Å². The summed E-state index contributed by atoms with van der Waals surface area (Å²) >= 11 is 0. The lowest BCUT2D eigenvalue weighted by Gasteiger charge is -2.22. The molecule has 0 radical (unpaired) electrons. The highest BCUT2D eigenvalue weighted by molar-refractivity contribution is 5.73. The third-order valence-corrected chi connectivity index (χ3v) is 5.59. The van der Waals surface area contributed by atoms with Crippen molar-refractivity contribution in [2.75, 3.05) is 32.7 Å². The molecule has 0 spiro atoms. The Hall–Kier alpha value is -1.59. The van der Waals surface area contributed by atoms with Crippen LogP contribution < -0.4 is 10.6 Å². The molecule has 1 unspecified atom stereocenters. The Labute approximate surface area is 150 Å². The van der Waals surface area contributed by atoms with Gasteiger partial charge in [-0.05, 0) is 43.7 Å². The summed E-state index contributed by atoms with van der Waals surface area (Å²) < 4.78 is 0. The van der Waals surface area contributed by atoms with Gasteiger partial charge in [0.05, 0.1) is 5.60 Å². The predicted molar refractivity (Wildman–Crippen MR) is 99.5 cm³/mol. The second-order valence-corrected chi connectivity index (χ2v) is 7.69. The molecule has 1 aromatic carbocycles. The van der Waals surface area contributed by atoms with Crippen molar-refractivity contribution in [1.82, 2.24) is 15.5 Å². The van der Waals surface area contributed by atoms with Gasteiger partial charge in [0.2, 0.25) is 0 Å². The molecule has 5 heteroatoms. The normalized spacial score (nSPS) is 22.8. The number of carbonyl (C=O) groups is 1. The first-order chi connectivity index (χ1) is 12.1. The van der Waals surface area contributed by atoms with E-state index in [1.165, 1.54) is 5.56 Å². The van der Waals surface area contributed by atoms with Gasteiger partial charge in [-0.1, -0.05) is 43.2 Å². The molecule has 5 nitrogen and oxygen atoms in total. The van der Waals surface area contributed by atoms with Crippen molar-refractivity contribution in [2.45, 2.75) is 44.1 Å². The molecular formula is C20H31N3O2. The van der Waals surface area contributed by atoms with Crippen LogP contribution in [0.4, 0.5) is 4.79 Å². The molecule has 2 fully saturated rings. The van der Waals surface area contributed by atoms with Crippen LogP contribution in [0.15, 0.2) is 30.3 Å². The van der Waals surface area contributed by atoms with E-state index in [4.69, 9.17) is 0 Å². The third kappa shape index (κ3) is 5.72. The van der Waals surface area contributed by atoms with Gasteiger partial charge in [0.1, 0.15) is 0 Å². The minimum absolute atomic E-state index is 0.150. The van der Waals surface area contributed by atoms with Crippen LogP contribution in [0, 0.1) is 5.92 Å². The zero-order valence-electron chi connectivity index (χ0n) is 15.0. The maximum absolute atomic E-state index is 11.9. The van der Waals surface area contributed by atoms with Gasteiger partial charge in [-0.2, -0.15) is 0 Å². The van der Waals surface area contributed by atoms with Gasteiger partial charge in [0.25, 0.3) is 0 Å². The number of hydrogen-bond acceptors (Lipinski definition) is 3. The van der Waals surface area contributed by atoms with Crippen molar-refractivity contribution in [2.24, 2.45) is 5.92 Å². The number of carbonyl (C=O) groups excluding carboxylic acids is 1. The van der Waals surface area contributed by atoms with Gasteiger partial charge in [-0.3, -0.25) is 0 Å². The van der Waals surface area contributed by atoms with Crippen LogP contribution >= 0.6 is 0 Å². The molecule has 1 heterocycles. The van der Waals surface area contributed by atoms with Gasteiger partial charge in [0.15, 0.2) is 0 Å². The lowest BCUT2D eigenvalue weighted by molar-refractivity contribution is 0.0501. The van der Waals surface area contributed by atoms with Crippen molar-refractivity contribution >= 4 is 6.03 Å². The number of likely N-dealkylation sites (tertiary alicyclic amines) is 1. The molecule has 1 aliphatic heterocycles. The number of nitrogens with one attached hydrogen (secondary N) is 2. The fourth-order valence-electron chi connectivity index (χ4n) is 3.97. The first kappa shape index (κ1) is 18.2. The van der Waals surface area contributed by atoms with Crippen LogP contribution in [0.5, 0.6) is 0 Å². The summed E-state index contributed by atoms with van der Waals surface area (Å²) in [5.74, 6) is 0.524. The number of benzene rings is 1. The summed E-state index contributed by atoms with van der Waals surface area (Å²) in [5.41, 5.74) is 0.701. The first-order valence-corrected chi connectivity index (χ1v) is 9.63. The molecule has 1 aromatic rings. The minimum atomic E-state index is -0.682. The SMILES string of the molecule is O=C(NCC1CCN(CCc2ccccc2)C1)NCC1(O)CCCC1. The highest BCUT2D eigenvalue weighted by atomic mass is 16.3. The van der Waals surface area contributed by atoms with Crippen molar-refractivity contribution in [3.63, 3.8) is 0 Å².